The third-order valence-electron chi connectivity index (χ3n) is 3.06. The van der Waals surface area contributed by atoms with Gasteiger partial charge in [0.2, 0.25) is 0 Å². The Kier molecular flexibility index (Phi) is 1.29. The Bertz CT molecular complexity index is 140. The fourth-order valence-electron chi connectivity index (χ4n) is 2.28. The second-order valence-corrected chi connectivity index (χ2v) is 3.90. The van der Waals surface area contributed by atoms with Crippen molar-refractivity contribution in [1.82, 2.24) is 10.2 Å². The Labute approximate surface area is 62.6 Å². The Balaban J connectivity index is 2.06. The lowest BCUT2D eigenvalue weighted by atomic mass is 10.0. The van der Waals surface area contributed by atoms with Crippen LogP contribution in [0.4, 0.5) is 0 Å². The van der Waals surface area contributed by atoms with Gasteiger partial charge < -0.3 is 10.2 Å². The minimum Gasteiger partial charge on any atom is -0.315 e. The van der Waals surface area contributed by atoms with Crippen molar-refractivity contribution in [3.8, 4) is 0 Å². The maximum Gasteiger partial charge on any atom is 0.0260 e. The molecule has 1 unspecified atom stereocenters. The number of nitrogens with one attached hydrogen (secondary N) is 1. The van der Waals surface area contributed by atoms with E-state index in [1.807, 2.05) is 0 Å². The summed E-state index contributed by atoms with van der Waals surface area (Å²) in [6.45, 7) is 2.56. The summed E-state index contributed by atoms with van der Waals surface area (Å²) in [6.07, 6.45) is 2.89. The monoisotopic (exact) mass is 140 g/mol. The van der Waals surface area contributed by atoms with Crippen LogP contribution < -0.4 is 5.32 Å². The predicted molar refractivity (Wildman–Crippen MR) is 42.0 cm³/mol. The summed E-state index contributed by atoms with van der Waals surface area (Å²) in [7, 11) is 4.31. The van der Waals surface area contributed by atoms with Crippen LogP contribution in [0.2, 0.25) is 0 Å². The van der Waals surface area contributed by atoms with E-state index in [9.17, 15) is 0 Å². The molecule has 0 amide bonds. The van der Waals surface area contributed by atoms with E-state index in [1.54, 1.807) is 0 Å². The van der Waals surface area contributed by atoms with Gasteiger partial charge in [0.1, 0.15) is 0 Å². The van der Waals surface area contributed by atoms with Gasteiger partial charge in [0.05, 0.1) is 0 Å². The number of likely N-dealkylation sites (tertiary alicyclic amines) is 1. The molecule has 58 valence electrons. The number of rotatable bonds is 1. The highest BCUT2D eigenvalue weighted by Crippen LogP contribution is 2.52. The van der Waals surface area contributed by atoms with Crippen LogP contribution in [-0.4, -0.2) is 38.1 Å². The van der Waals surface area contributed by atoms with Gasteiger partial charge in [-0.05, 0) is 32.4 Å². The maximum absolute atomic E-state index is 3.41. The second-order valence-electron chi connectivity index (χ2n) is 3.90. The molecule has 0 aromatic heterocycles. The van der Waals surface area contributed by atoms with Gasteiger partial charge in [-0.3, -0.25) is 0 Å². The topological polar surface area (TPSA) is 15.3 Å². The molecular weight excluding hydrogens is 124 g/mol. The van der Waals surface area contributed by atoms with Crippen molar-refractivity contribution in [3.63, 3.8) is 0 Å². The third-order valence-corrected chi connectivity index (χ3v) is 3.06. The van der Waals surface area contributed by atoms with Crippen molar-refractivity contribution in [1.29, 1.82) is 0 Å². The van der Waals surface area contributed by atoms with E-state index >= 15 is 0 Å². The molecule has 2 nitrogen and oxygen atoms in total. The van der Waals surface area contributed by atoms with Crippen molar-refractivity contribution in [2.45, 2.75) is 18.9 Å². The Hall–Kier alpha value is -0.0800. The standard InChI is InChI=1S/C8H16N2/c1-9-7-5-10(2)6-8(7)3-4-8/h7,9H,3-6H2,1-2H3. The molecule has 1 atom stereocenters. The molecule has 0 radical (unpaired) electrons. The van der Waals surface area contributed by atoms with Crippen LogP contribution in [-0.2, 0) is 0 Å². The Morgan fingerprint density at radius 2 is 2.20 bits per heavy atom. The largest absolute Gasteiger partial charge is 0.315 e. The van der Waals surface area contributed by atoms with Crippen LogP contribution >= 0.6 is 0 Å². The van der Waals surface area contributed by atoms with Crippen molar-refractivity contribution in [2.75, 3.05) is 27.2 Å². The van der Waals surface area contributed by atoms with Gasteiger partial charge in [0.15, 0.2) is 0 Å². The molecule has 1 heterocycles. The smallest absolute Gasteiger partial charge is 0.0260 e. The van der Waals surface area contributed by atoms with Crippen LogP contribution in [0.15, 0.2) is 0 Å². The normalized spacial score (nSPS) is 37.2. The number of likely N-dealkylation sites (N-methyl/N-ethyl adjacent to an activating group) is 2. The van der Waals surface area contributed by atoms with E-state index in [1.165, 1.54) is 25.9 Å². The zero-order valence-corrected chi connectivity index (χ0v) is 6.85. The van der Waals surface area contributed by atoms with Crippen molar-refractivity contribution in [3.05, 3.63) is 0 Å². The molecule has 1 spiro atoms. The lowest BCUT2D eigenvalue weighted by Gasteiger charge is -2.14. The Morgan fingerprint density at radius 3 is 2.60 bits per heavy atom. The average molecular weight is 140 g/mol. The summed E-state index contributed by atoms with van der Waals surface area (Å²) in [5.74, 6) is 0. The molecule has 1 aliphatic heterocycles. The molecule has 2 rings (SSSR count). The minimum atomic E-state index is 0.698. The molecule has 2 aliphatic rings. The van der Waals surface area contributed by atoms with E-state index < -0.39 is 0 Å². The van der Waals surface area contributed by atoms with Crippen LogP contribution in [0, 0.1) is 5.41 Å². The van der Waals surface area contributed by atoms with Gasteiger partial charge in [0, 0.05) is 19.1 Å². The molecule has 1 saturated heterocycles. The zero-order valence-electron chi connectivity index (χ0n) is 6.85. The first kappa shape index (κ1) is 6.62. The lowest BCUT2D eigenvalue weighted by Crippen LogP contribution is -2.34. The van der Waals surface area contributed by atoms with Gasteiger partial charge in [0.25, 0.3) is 0 Å². The first-order chi connectivity index (χ1) is 4.77. The average Bonchev–Trinajstić information content (AvgIpc) is 2.55. The molecule has 2 fully saturated rings. The van der Waals surface area contributed by atoms with Gasteiger partial charge in [-0.25, -0.2) is 0 Å². The van der Waals surface area contributed by atoms with Crippen molar-refractivity contribution in [2.24, 2.45) is 5.41 Å². The van der Waals surface area contributed by atoms with E-state index in [2.05, 4.69) is 24.3 Å². The van der Waals surface area contributed by atoms with Gasteiger partial charge in [-0.15, -0.1) is 0 Å². The molecule has 10 heavy (non-hydrogen) atoms. The SMILES string of the molecule is CNC1CN(C)CC12CC2. The highest BCUT2D eigenvalue weighted by atomic mass is 15.2. The zero-order chi connectivity index (χ0) is 7.19. The first-order valence-corrected chi connectivity index (χ1v) is 4.13. The second kappa shape index (κ2) is 1.95. The fourth-order valence-corrected chi connectivity index (χ4v) is 2.28. The van der Waals surface area contributed by atoms with Gasteiger partial charge in [-0.2, -0.15) is 0 Å². The van der Waals surface area contributed by atoms with Crippen LogP contribution in [0.5, 0.6) is 0 Å². The molecular formula is C8H16N2. The van der Waals surface area contributed by atoms with Crippen LogP contribution in [0.3, 0.4) is 0 Å². The molecule has 2 heteroatoms. The quantitative estimate of drug-likeness (QED) is 0.563. The molecule has 0 aromatic carbocycles. The summed E-state index contributed by atoms with van der Waals surface area (Å²) in [6, 6.07) is 0.775. The van der Waals surface area contributed by atoms with Gasteiger partial charge >= 0.3 is 0 Å². The van der Waals surface area contributed by atoms with Crippen LogP contribution in [0.1, 0.15) is 12.8 Å². The van der Waals surface area contributed by atoms with Gasteiger partial charge in [-0.1, -0.05) is 0 Å². The van der Waals surface area contributed by atoms with Crippen LogP contribution in [0.25, 0.3) is 0 Å². The summed E-state index contributed by atoms with van der Waals surface area (Å²) >= 11 is 0. The predicted octanol–water partition coefficient (Wildman–Crippen LogP) is 0.300. The van der Waals surface area contributed by atoms with E-state index in [0.29, 0.717) is 5.41 Å². The van der Waals surface area contributed by atoms with E-state index in [-0.39, 0.29) is 0 Å². The minimum absolute atomic E-state index is 0.698. The molecule has 1 saturated carbocycles. The first-order valence-electron chi connectivity index (χ1n) is 4.13. The highest BCUT2D eigenvalue weighted by molar-refractivity contribution is 5.08. The maximum atomic E-state index is 3.41. The lowest BCUT2D eigenvalue weighted by molar-refractivity contribution is 0.389. The van der Waals surface area contributed by atoms with E-state index in [4.69, 9.17) is 0 Å². The molecule has 1 N–H and O–H groups in total. The summed E-state index contributed by atoms with van der Waals surface area (Å²) in [5.41, 5.74) is 0.698. The highest BCUT2D eigenvalue weighted by Gasteiger charge is 2.53. The molecule has 1 aliphatic carbocycles. The van der Waals surface area contributed by atoms with Crippen molar-refractivity contribution < 1.29 is 0 Å². The Morgan fingerprint density at radius 1 is 1.50 bits per heavy atom. The van der Waals surface area contributed by atoms with E-state index in [0.717, 1.165) is 6.04 Å². The number of hydrogen-bond acceptors (Lipinski definition) is 2. The molecule has 0 bridgehead atoms. The summed E-state index contributed by atoms with van der Waals surface area (Å²) < 4.78 is 0. The van der Waals surface area contributed by atoms with Crippen molar-refractivity contribution >= 4 is 0 Å². The summed E-state index contributed by atoms with van der Waals surface area (Å²) in [4.78, 5) is 2.44. The number of nitrogens with zero attached hydrogens (tertiary/aromatic N) is 1. The third kappa shape index (κ3) is 0.789. The fraction of sp³-hybridized carbons (Fsp3) is 1.00. The molecule has 0 aromatic rings. The number of hydrogen-bond donors (Lipinski definition) is 1. The summed E-state index contributed by atoms with van der Waals surface area (Å²) in [5, 5.41) is 3.41.